The lowest BCUT2D eigenvalue weighted by Gasteiger charge is -2.09. The van der Waals surface area contributed by atoms with Gasteiger partial charge in [0.25, 0.3) is 5.69 Å². The Morgan fingerprint density at radius 3 is 2.53 bits per heavy atom. The molecule has 0 N–H and O–H groups in total. The number of ether oxygens (including phenoxy) is 1. The monoisotopic (exact) mass is 254 g/mol. The van der Waals surface area contributed by atoms with E-state index in [4.69, 9.17) is 0 Å². The van der Waals surface area contributed by atoms with Gasteiger partial charge in [0.15, 0.2) is 5.69 Å². The highest BCUT2D eigenvalue weighted by atomic mass is 19.4. The number of rotatable bonds is 3. The summed E-state index contributed by atoms with van der Waals surface area (Å²) in [6.07, 6.45) is -4.98. The first-order valence-corrected chi connectivity index (χ1v) is 4.21. The molecule has 5 nitrogen and oxygen atoms in total. The van der Waals surface area contributed by atoms with E-state index in [1.54, 1.807) is 0 Å². The van der Waals surface area contributed by atoms with Crippen molar-refractivity contribution in [3.05, 3.63) is 27.4 Å². The molecule has 17 heavy (non-hydrogen) atoms. The van der Waals surface area contributed by atoms with E-state index in [0.29, 0.717) is 0 Å². The van der Waals surface area contributed by atoms with E-state index < -0.39 is 35.2 Å². The number of hydrogen-bond acceptors (Lipinski definition) is 4. The second kappa shape index (κ2) is 4.52. The zero-order valence-electron chi connectivity index (χ0n) is 8.42. The van der Waals surface area contributed by atoms with Crippen LogP contribution in [0.15, 0.2) is 6.07 Å². The Morgan fingerprint density at radius 1 is 1.53 bits per heavy atom. The minimum atomic E-state index is -4.98. The third kappa shape index (κ3) is 3.26. The van der Waals surface area contributed by atoms with E-state index >= 15 is 0 Å². The van der Waals surface area contributed by atoms with E-state index in [0.717, 1.165) is 6.07 Å². The summed E-state index contributed by atoms with van der Waals surface area (Å²) in [5, 5.41) is 10.5. The van der Waals surface area contributed by atoms with Gasteiger partial charge in [-0.05, 0) is 6.92 Å². The number of nitrogens with zero attached hydrogens (tertiary/aromatic N) is 2. The molecule has 0 unspecified atom stereocenters. The fraction of sp³-hybridized carbons (Fsp3) is 0.375. The normalized spacial score (nSPS) is 11.4. The van der Waals surface area contributed by atoms with Gasteiger partial charge in [-0.2, -0.15) is 0 Å². The lowest BCUT2D eigenvalue weighted by Crippen LogP contribution is -2.18. The Bertz CT molecular complexity index is 447. The Kier molecular flexibility index (Phi) is 3.49. The van der Waals surface area contributed by atoms with E-state index in [1.165, 1.54) is 6.92 Å². The van der Waals surface area contributed by atoms with E-state index in [-0.39, 0.29) is 5.56 Å². The number of aromatic nitrogens is 1. The fourth-order valence-corrected chi connectivity index (χ4v) is 1.21. The predicted octanol–water partition coefficient (Wildman–Crippen LogP) is 2.67. The van der Waals surface area contributed by atoms with Gasteiger partial charge in [-0.3, -0.25) is 10.1 Å². The van der Waals surface area contributed by atoms with Crippen molar-refractivity contribution in [2.75, 3.05) is 0 Å². The molecule has 0 radical (unpaired) electrons. The maximum Gasteiger partial charge on any atom is 0.574 e. The Balaban J connectivity index is 3.23. The zero-order chi connectivity index (χ0) is 13.2. The zero-order valence-corrected chi connectivity index (χ0v) is 8.42. The number of hydrogen-bond donors (Lipinski definition) is 0. The molecule has 0 aromatic carbocycles. The van der Waals surface area contributed by atoms with Gasteiger partial charge in [-0.25, -0.2) is 9.37 Å². The average Bonchev–Trinajstić information content (AvgIpc) is 2.12. The van der Waals surface area contributed by atoms with Crippen molar-refractivity contribution < 1.29 is 27.2 Å². The molecule has 0 aliphatic carbocycles. The minimum absolute atomic E-state index is 0.156. The largest absolute Gasteiger partial charge is 0.574 e. The van der Waals surface area contributed by atoms with Crippen LogP contribution in [0.1, 0.15) is 11.3 Å². The number of pyridine rings is 1. The Morgan fingerprint density at radius 2 is 2.12 bits per heavy atom. The molecule has 0 fully saturated rings. The van der Waals surface area contributed by atoms with Crippen LogP contribution >= 0.6 is 0 Å². The van der Waals surface area contributed by atoms with E-state index in [9.17, 15) is 27.7 Å². The summed E-state index contributed by atoms with van der Waals surface area (Å²) < 4.78 is 51.5. The minimum Gasteiger partial charge on any atom is -0.388 e. The van der Waals surface area contributed by atoms with Crippen LogP contribution in [0.5, 0.6) is 5.88 Å². The third-order valence-corrected chi connectivity index (χ3v) is 1.76. The Labute approximate surface area is 92.2 Å². The van der Waals surface area contributed by atoms with E-state index in [1.807, 2.05) is 0 Å². The molecule has 0 bridgehead atoms. The maximum absolute atomic E-state index is 12.4. The van der Waals surface area contributed by atoms with Crippen LogP contribution in [0.4, 0.5) is 23.2 Å². The fourth-order valence-electron chi connectivity index (χ4n) is 1.21. The first-order valence-electron chi connectivity index (χ1n) is 4.21. The highest BCUT2D eigenvalue weighted by Crippen LogP contribution is 2.29. The molecule has 1 rings (SSSR count). The van der Waals surface area contributed by atoms with Crippen LogP contribution in [0, 0.1) is 17.0 Å². The molecule has 0 saturated carbocycles. The summed E-state index contributed by atoms with van der Waals surface area (Å²) in [6, 6.07) is 0.727. The smallest absolute Gasteiger partial charge is 0.388 e. The molecule has 9 heteroatoms. The third-order valence-electron chi connectivity index (χ3n) is 1.76. The molecule has 1 aromatic rings. The summed E-state index contributed by atoms with van der Waals surface area (Å²) in [6.45, 7) is -0.186. The number of alkyl halides is 4. The molecule has 0 spiro atoms. The van der Waals surface area contributed by atoms with Crippen molar-refractivity contribution in [1.29, 1.82) is 0 Å². The lowest BCUT2D eigenvalue weighted by molar-refractivity contribution is -0.386. The van der Waals surface area contributed by atoms with Crippen LogP contribution < -0.4 is 4.74 Å². The summed E-state index contributed by atoms with van der Waals surface area (Å²) in [4.78, 5) is 12.7. The van der Waals surface area contributed by atoms with Crippen molar-refractivity contribution in [2.45, 2.75) is 20.0 Å². The van der Waals surface area contributed by atoms with Gasteiger partial charge in [0.2, 0.25) is 5.88 Å². The molecule has 1 aromatic heterocycles. The second-order valence-electron chi connectivity index (χ2n) is 3.01. The first-order chi connectivity index (χ1) is 7.74. The number of nitro groups is 1. The molecule has 1 heterocycles. The van der Waals surface area contributed by atoms with Gasteiger partial charge in [-0.15, -0.1) is 13.2 Å². The molecule has 0 aliphatic heterocycles. The molecule has 0 aliphatic rings. The molecular weight excluding hydrogens is 248 g/mol. The summed E-state index contributed by atoms with van der Waals surface area (Å²) in [5.41, 5.74) is -1.51. The maximum atomic E-state index is 12.4. The van der Waals surface area contributed by atoms with E-state index in [2.05, 4.69) is 9.72 Å². The highest BCUT2D eigenvalue weighted by Gasteiger charge is 2.33. The SMILES string of the molecule is Cc1cc(OC(F)(F)F)nc(CF)c1[N+](=O)[O-]. The van der Waals surface area contributed by atoms with Crippen LogP contribution in [-0.4, -0.2) is 16.3 Å². The summed E-state index contributed by atoms with van der Waals surface area (Å²) in [5.74, 6) is -0.923. The van der Waals surface area contributed by atoms with Crippen LogP contribution in [0.2, 0.25) is 0 Å². The standard InChI is InChI=1S/C8H6F4N2O3/c1-4-2-6(17-8(10,11)12)13-5(3-9)7(4)14(15)16/h2H,3H2,1H3. The van der Waals surface area contributed by atoms with Crippen molar-refractivity contribution in [3.8, 4) is 5.88 Å². The van der Waals surface area contributed by atoms with Crippen LogP contribution in [-0.2, 0) is 6.67 Å². The molecular formula is C8H6F4N2O3. The molecule has 0 atom stereocenters. The van der Waals surface area contributed by atoms with Crippen molar-refractivity contribution in [3.63, 3.8) is 0 Å². The quantitative estimate of drug-likeness (QED) is 0.472. The topological polar surface area (TPSA) is 65.3 Å². The highest BCUT2D eigenvalue weighted by molar-refractivity contribution is 5.45. The van der Waals surface area contributed by atoms with Gasteiger partial charge >= 0.3 is 6.36 Å². The van der Waals surface area contributed by atoms with Gasteiger partial charge in [0, 0.05) is 11.6 Å². The number of halogens is 4. The van der Waals surface area contributed by atoms with Gasteiger partial charge in [0.05, 0.1) is 4.92 Å². The van der Waals surface area contributed by atoms with Gasteiger partial charge in [-0.1, -0.05) is 0 Å². The summed E-state index contributed by atoms with van der Waals surface area (Å²) in [7, 11) is 0. The summed E-state index contributed by atoms with van der Waals surface area (Å²) >= 11 is 0. The predicted molar refractivity (Wildman–Crippen MR) is 47.1 cm³/mol. The molecule has 0 amide bonds. The first kappa shape index (κ1) is 13.1. The molecule has 94 valence electrons. The van der Waals surface area contributed by atoms with Gasteiger partial charge in [0.1, 0.15) is 6.67 Å². The molecule has 0 saturated heterocycles. The average molecular weight is 254 g/mol. The number of aryl methyl sites for hydroxylation is 1. The lowest BCUT2D eigenvalue weighted by atomic mass is 10.2. The second-order valence-corrected chi connectivity index (χ2v) is 3.01. The van der Waals surface area contributed by atoms with Crippen LogP contribution in [0.3, 0.4) is 0 Å². The van der Waals surface area contributed by atoms with Crippen LogP contribution in [0.25, 0.3) is 0 Å². The van der Waals surface area contributed by atoms with Gasteiger partial charge < -0.3 is 4.74 Å². The van der Waals surface area contributed by atoms with Crippen molar-refractivity contribution in [1.82, 2.24) is 4.98 Å². The van der Waals surface area contributed by atoms with Crippen molar-refractivity contribution in [2.24, 2.45) is 0 Å². The Hall–Kier alpha value is -1.93. The van der Waals surface area contributed by atoms with Crippen molar-refractivity contribution >= 4 is 5.69 Å².